The highest BCUT2D eigenvalue weighted by atomic mass is 32.3. The highest BCUT2D eigenvalue weighted by Gasteiger charge is 2.25. The molecule has 0 atom stereocenters. The highest BCUT2D eigenvalue weighted by molar-refractivity contribution is 7.83. The summed E-state index contributed by atoms with van der Waals surface area (Å²) in [5.74, 6) is 0. The van der Waals surface area contributed by atoms with Crippen LogP contribution in [0.2, 0.25) is 0 Å². The minimum Gasteiger partial charge on any atom is -0.724 e. The lowest BCUT2D eigenvalue weighted by Crippen LogP contribution is -2.50. The molecule has 1 N–H and O–H groups in total. The normalized spacial score (nSPS) is 12.4. The molecule has 0 radical (unpaired) electrons. The van der Waals surface area contributed by atoms with Gasteiger partial charge in [0.15, 0.2) is 0 Å². The molecule has 0 saturated carbocycles. The van der Waals surface area contributed by atoms with Crippen LogP contribution in [0.25, 0.3) is 0 Å². The maximum absolute atomic E-state index is 9.48. The van der Waals surface area contributed by atoms with Crippen LogP contribution in [0.5, 0.6) is 0 Å². The molecule has 0 bridgehead atoms. The van der Waals surface area contributed by atoms with Crippen molar-refractivity contribution < 1.29 is 39.1 Å². The number of nitrogens with zero attached hydrogens (tertiary/aromatic N) is 1. The van der Waals surface area contributed by atoms with E-state index in [4.69, 9.17) is 4.55 Å². The predicted molar refractivity (Wildman–Crippen MR) is 140 cm³/mol. The molecule has 0 unspecified atom stereocenters. The fourth-order valence-corrected chi connectivity index (χ4v) is 4.79. The summed E-state index contributed by atoms with van der Waals surface area (Å²) in [7, 11) is -10.3. The average molecular weight is 548 g/mol. The Hall–Kier alpha value is -0.300. The van der Waals surface area contributed by atoms with Crippen LogP contribution < -0.4 is 0 Å². The van der Waals surface area contributed by atoms with Crippen molar-refractivity contribution >= 4 is 20.8 Å². The van der Waals surface area contributed by atoms with Crippen LogP contribution >= 0.6 is 0 Å². The minimum atomic E-state index is -5.27. The summed E-state index contributed by atoms with van der Waals surface area (Å²) in [6.07, 6.45) is 22.8. The van der Waals surface area contributed by atoms with Gasteiger partial charge in [-0.1, -0.05) is 87.7 Å². The zero-order valence-electron chi connectivity index (χ0n) is 22.7. The molecule has 0 aliphatic carbocycles. The Labute approximate surface area is 216 Å². The summed E-state index contributed by atoms with van der Waals surface area (Å²) < 4.78 is 61.6. The Morgan fingerprint density at radius 2 is 0.829 bits per heavy atom. The molecule has 11 heteroatoms. The van der Waals surface area contributed by atoms with Gasteiger partial charge in [-0.3, -0.25) is 4.55 Å². The van der Waals surface area contributed by atoms with Crippen molar-refractivity contribution in [1.82, 2.24) is 0 Å². The van der Waals surface area contributed by atoms with E-state index in [9.17, 15) is 21.4 Å². The second kappa shape index (κ2) is 22.9. The maximum atomic E-state index is 9.48. The minimum absolute atomic E-state index is 1.36. The molecule has 9 nitrogen and oxygen atoms in total. The van der Waals surface area contributed by atoms with Gasteiger partial charge in [-0.05, 0) is 51.4 Å². The van der Waals surface area contributed by atoms with Crippen LogP contribution in [-0.2, 0) is 29.5 Å². The third-order valence-electron chi connectivity index (χ3n) is 6.14. The van der Waals surface area contributed by atoms with E-state index in [0.717, 1.165) is 0 Å². The molecule has 0 aromatic rings. The van der Waals surface area contributed by atoms with Gasteiger partial charge in [0.1, 0.15) is 0 Å². The number of hydrogen-bond acceptors (Lipinski definition) is 7. The lowest BCUT2D eigenvalue weighted by Gasteiger charge is -2.39. The van der Waals surface area contributed by atoms with E-state index in [0.29, 0.717) is 0 Å². The number of quaternary nitrogens is 1. The summed E-state index contributed by atoms with van der Waals surface area (Å²) in [5, 5.41) is 0. The Morgan fingerprint density at radius 3 is 1.00 bits per heavy atom. The predicted octanol–water partition coefficient (Wildman–Crippen LogP) is 6.32. The SMILES string of the molecule is CCCCCC[N+](CCCCCC)(CCCCCC)CCCCCC.O=S(=O)([O-])OOS(=O)(=O)O. The van der Waals surface area contributed by atoms with Crippen LogP contribution in [-0.4, -0.2) is 56.6 Å². The molecule has 214 valence electrons. The molecule has 0 fully saturated rings. The fraction of sp³-hybridized carbons (Fsp3) is 1.00. The highest BCUT2D eigenvalue weighted by Crippen LogP contribution is 2.19. The smallest absolute Gasteiger partial charge is 0.425 e. The molecule has 0 heterocycles. The lowest BCUT2D eigenvalue weighted by molar-refractivity contribution is -0.929. The van der Waals surface area contributed by atoms with Crippen LogP contribution in [0.3, 0.4) is 0 Å². The standard InChI is InChI=1S/C24H52N.H2O8S2/c1-5-9-13-17-21-25(22-18-14-10-6-2,23-19-15-11-7-3)24-20-16-12-8-4;1-9(2,3)7-8-10(4,5)6/h5-24H2,1-4H3;(H,1,2,3)(H,4,5,6)/q+1;/p-1. The van der Waals surface area contributed by atoms with E-state index in [2.05, 4.69) is 36.4 Å². The Bertz CT molecular complexity index is 584. The zero-order chi connectivity index (χ0) is 27.1. The molecule has 0 spiro atoms. The van der Waals surface area contributed by atoms with Gasteiger partial charge in [0, 0.05) is 0 Å². The molecule has 0 aromatic heterocycles. The fourth-order valence-electron chi connectivity index (χ4n) is 4.24. The maximum Gasteiger partial charge on any atom is 0.425 e. The molecular weight excluding hydrogens is 494 g/mol. The van der Waals surface area contributed by atoms with Crippen LogP contribution in [0.4, 0.5) is 0 Å². The van der Waals surface area contributed by atoms with Crippen molar-refractivity contribution in [3.63, 3.8) is 0 Å². The lowest BCUT2D eigenvalue weighted by atomic mass is 10.1. The molecule has 0 aliphatic rings. The number of unbranched alkanes of at least 4 members (excludes halogenated alkanes) is 12. The monoisotopic (exact) mass is 547 g/mol. The van der Waals surface area contributed by atoms with Gasteiger partial charge in [0.05, 0.1) is 26.2 Å². The van der Waals surface area contributed by atoms with Crippen LogP contribution in [0.1, 0.15) is 130 Å². The second-order valence-electron chi connectivity index (χ2n) is 9.45. The van der Waals surface area contributed by atoms with E-state index in [1.807, 2.05) is 0 Å². The van der Waals surface area contributed by atoms with Gasteiger partial charge >= 0.3 is 10.4 Å². The molecule has 0 rings (SSSR count). The first-order chi connectivity index (χ1) is 16.4. The van der Waals surface area contributed by atoms with Crippen molar-refractivity contribution in [2.45, 2.75) is 130 Å². The molecule has 0 aliphatic heterocycles. The Kier molecular flexibility index (Phi) is 24.1. The van der Waals surface area contributed by atoms with Crippen LogP contribution in [0, 0.1) is 0 Å². The van der Waals surface area contributed by atoms with E-state index >= 15 is 0 Å². The quantitative estimate of drug-likeness (QED) is 0.0392. The number of hydrogen-bond donors (Lipinski definition) is 1. The zero-order valence-corrected chi connectivity index (χ0v) is 24.3. The first-order valence-electron chi connectivity index (χ1n) is 13.6. The van der Waals surface area contributed by atoms with E-state index in [1.165, 1.54) is 133 Å². The largest absolute Gasteiger partial charge is 0.724 e. The van der Waals surface area contributed by atoms with E-state index in [1.54, 1.807) is 0 Å². The Morgan fingerprint density at radius 1 is 0.543 bits per heavy atom. The second-order valence-corrected chi connectivity index (χ2v) is 11.4. The van der Waals surface area contributed by atoms with Crippen molar-refractivity contribution in [1.29, 1.82) is 0 Å². The molecule has 35 heavy (non-hydrogen) atoms. The topological polar surface area (TPSA) is 130 Å². The summed E-state index contributed by atoms with van der Waals surface area (Å²) in [5.41, 5.74) is 0. The first kappa shape index (κ1) is 36.9. The van der Waals surface area contributed by atoms with Crippen molar-refractivity contribution in [3.05, 3.63) is 0 Å². The summed E-state index contributed by atoms with van der Waals surface area (Å²) in [6, 6.07) is 0. The van der Waals surface area contributed by atoms with Gasteiger partial charge < -0.3 is 9.04 Å². The van der Waals surface area contributed by atoms with Crippen LogP contribution in [0.15, 0.2) is 0 Å². The van der Waals surface area contributed by atoms with Gasteiger partial charge in [0.2, 0.25) is 10.4 Å². The summed E-state index contributed by atoms with van der Waals surface area (Å²) in [6.45, 7) is 15.2. The van der Waals surface area contributed by atoms with E-state index < -0.39 is 20.8 Å². The van der Waals surface area contributed by atoms with Gasteiger partial charge in [0.25, 0.3) is 0 Å². The van der Waals surface area contributed by atoms with Gasteiger partial charge in [-0.2, -0.15) is 8.42 Å². The third-order valence-corrected chi connectivity index (χ3v) is 6.70. The Balaban J connectivity index is 0. The van der Waals surface area contributed by atoms with Gasteiger partial charge in [-0.15, -0.1) is 0 Å². The summed E-state index contributed by atoms with van der Waals surface area (Å²) >= 11 is 0. The van der Waals surface area contributed by atoms with Crippen molar-refractivity contribution in [2.24, 2.45) is 0 Å². The molecule has 0 amide bonds. The molecular formula is C24H53NO8S2. The summed E-state index contributed by atoms with van der Waals surface area (Å²) in [4.78, 5) is 0. The van der Waals surface area contributed by atoms with E-state index in [-0.39, 0.29) is 0 Å². The van der Waals surface area contributed by atoms with Crippen molar-refractivity contribution in [2.75, 3.05) is 26.2 Å². The third kappa shape index (κ3) is 28.1. The first-order valence-corrected chi connectivity index (χ1v) is 16.3. The average Bonchev–Trinajstić information content (AvgIpc) is 2.78. The molecule has 0 saturated heterocycles. The van der Waals surface area contributed by atoms with Crippen molar-refractivity contribution in [3.8, 4) is 0 Å². The number of rotatable bonds is 23. The van der Waals surface area contributed by atoms with Gasteiger partial charge in [-0.25, -0.2) is 8.42 Å². The molecule has 0 aromatic carbocycles.